The second kappa shape index (κ2) is 37.2. The number of unbranched alkanes of at least 4 members (excludes halogenated alkanes) is 8. The number of nitrogens with one attached hydrogen (secondary N) is 9. The molecule has 616 valence electrons. The topological polar surface area (TPSA) is 476 Å². The number of fused-ring (bicyclic) bond motifs is 14. The van der Waals surface area contributed by atoms with E-state index in [1.54, 1.807) is 14.1 Å². The third-order valence-electron chi connectivity index (χ3n) is 20.8. The number of phenols is 5. The van der Waals surface area contributed by atoms with Gasteiger partial charge in [0.05, 0.1) is 16.7 Å². The molecule has 7 aromatic rings. The average Bonchev–Trinajstić information content (AvgIpc) is 0.763. The third-order valence-corrected chi connectivity index (χ3v) is 21.5. The molecule has 32 nitrogen and oxygen atoms in total. The molecular weight excluding hydrogens is 1550 g/mol. The predicted molar refractivity (Wildman–Crippen MR) is 419 cm³/mol. The Hall–Kier alpha value is -11.2. The minimum atomic E-state index is -2.32. The molecule has 34 heteroatoms. The number of carbonyl (C=O) groups is 8. The number of halogens is 2. The number of phenolic OH excluding ortho intramolecular Hbond substituents is 5. The Morgan fingerprint density at radius 1 is 0.569 bits per heavy atom. The van der Waals surface area contributed by atoms with Crippen LogP contribution in [-0.4, -0.2) is 182 Å². The van der Waals surface area contributed by atoms with Crippen molar-refractivity contribution in [2.75, 3.05) is 40.8 Å². The highest BCUT2D eigenvalue weighted by Gasteiger charge is 2.48. The van der Waals surface area contributed by atoms with E-state index in [1.807, 2.05) is 4.90 Å². The maximum Gasteiger partial charge on any atom is 0.248 e. The van der Waals surface area contributed by atoms with Crippen LogP contribution in [-0.2, 0) is 49.5 Å². The Morgan fingerprint density at radius 2 is 1.21 bits per heavy atom. The monoisotopic (exact) mass is 1640 g/mol. The van der Waals surface area contributed by atoms with E-state index in [4.69, 9.17) is 46.9 Å². The van der Waals surface area contributed by atoms with Crippen molar-refractivity contribution in [3.05, 3.63) is 164 Å². The smallest absolute Gasteiger partial charge is 0.248 e. The van der Waals surface area contributed by atoms with Gasteiger partial charge in [-0.1, -0.05) is 112 Å². The van der Waals surface area contributed by atoms with Crippen molar-refractivity contribution in [1.29, 1.82) is 0 Å². The molecule has 0 spiro atoms. The van der Waals surface area contributed by atoms with Crippen molar-refractivity contribution in [3.63, 3.8) is 0 Å². The number of hydrogen-bond acceptors (Lipinski definition) is 24. The summed E-state index contributed by atoms with van der Waals surface area (Å²) < 4.78 is 32.8. The molecule has 0 unspecified atom stereocenters. The van der Waals surface area contributed by atoms with Gasteiger partial charge >= 0.3 is 0 Å². The lowest BCUT2D eigenvalue weighted by Gasteiger charge is -2.42. The number of ether oxygens (including phenoxy) is 5. The molecule has 18 N–H and O–H groups in total. The number of carbonyl (C=O) groups excluding carboxylic acids is 8. The first-order valence-corrected chi connectivity index (χ1v) is 38.9. The highest BCUT2D eigenvalue weighted by atomic mass is 35.5. The van der Waals surface area contributed by atoms with Gasteiger partial charge in [-0.3, -0.25) is 38.4 Å². The van der Waals surface area contributed by atoms with E-state index in [2.05, 4.69) is 54.8 Å². The molecule has 13 atom stereocenters. The van der Waals surface area contributed by atoms with Crippen LogP contribution in [0.5, 0.6) is 69.0 Å². The molecule has 14 rings (SSSR count). The summed E-state index contributed by atoms with van der Waals surface area (Å²) in [5.41, 5.74) is -1.82. The highest BCUT2D eigenvalue weighted by molar-refractivity contribution is 6.33. The van der Waals surface area contributed by atoms with Crippen LogP contribution in [0.2, 0.25) is 10.0 Å². The number of likely N-dealkylation sites (N-methyl/N-ethyl adjacent to an activating group) is 1. The maximum atomic E-state index is 16.6. The molecule has 0 aliphatic carbocycles. The van der Waals surface area contributed by atoms with E-state index in [0.29, 0.717) is 31.4 Å². The van der Waals surface area contributed by atoms with Crippen molar-refractivity contribution in [3.8, 4) is 80.1 Å². The minimum Gasteiger partial charge on any atom is -0.508 e. The van der Waals surface area contributed by atoms with Gasteiger partial charge in [0.25, 0.3) is 0 Å². The average molecular weight is 1640 g/mol. The number of aliphatic hydroxyl groups excluding tert-OH is 4. The Morgan fingerprint density at radius 3 is 1.91 bits per heavy atom. The molecule has 1 saturated heterocycles. The zero-order valence-corrected chi connectivity index (χ0v) is 65.1. The molecule has 7 aromatic carbocycles. The lowest BCUT2D eigenvalue weighted by Crippen LogP contribution is -2.65. The summed E-state index contributed by atoms with van der Waals surface area (Å²) in [5.74, 6) is -14.5. The lowest BCUT2D eigenvalue weighted by atomic mass is 9.89. The predicted octanol–water partition coefficient (Wildman–Crippen LogP) is 6.75. The molecule has 8 amide bonds. The fourth-order valence-electron chi connectivity index (χ4n) is 14.6. The van der Waals surface area contributed by atoms with Gasteiger partial charge < -0.3 is 122 Å². The van der Waals surface area contributed by atoms with E-state index in [1.165, 1.54) is 61.6 Å². The first kappa shape index (κ1) is 84.2. The lowest BCUT2D eigenvalue weighted by molar-refractivity contribution is -0.244. The number of amides is 8. The highest BCUT2D eigenvalue weighted by Crippen LogP contribution is 2.50. The van der Waals surface area contributed by atoms with Crippen LogP contribution in [0.4, 0.5) is 0 Å². The standard InChI is InChI=1S/C82H92Cl2N10O22/c1-5-6-7-8-9-10-11-12-13-15-61(101)88-70-73(104)72(103)60(38-95)115-82(70)116-74-58-32-43-33-59(74)114-56-25-20-42(30-50(56)83)71(102)69-81(111)92-67(76(106)86-26-14-27-94(3)4)48-34-44(96)35-54(99)62(48)47-29-40(18-23-52(47)97)65(78(108)93-69)89-79(109)66(43)90-80(110)68-49-36-46(37-55(100)63(49)84)113-57-31-41(19-24-53(57)98)64(85-2)77(107)87-51(75(105)91-68)28-39-16-21-45(112-58)22-17-39/h16-25,29-37,51,60,64-73,82,85,95-100,102-104H,5-15,26-28,38H2,1-4H3,(H,86,106)(H,87,107)(H,88,101)(H,89,109)(H,90,110)(H,91,105)(H,92,111)(H,93,108)/t51-,60-,64+,65-,66-,67+,68+,69+,70-,71-,72-,73-,82+/m1/s1. The Balaban J connectivity index is 1.08. The Labute approximate surface area is 676 Å². The summed E-state index contributed by atoms with van der Waals surface area (Å²) in [6.45, 7) is 1.73. The van der Waals surface area contributed by atoms with Crippen molar-refractivity contribution in [2.45, 2.75) is 163 Å². The van der Waals surface area contributed by atoms with E-state index in [0.717, 1.165) is 106 Å². The summed E-state index contributed by atoms with van der Waals surface area (Å²) in [6, 6.07) is 7.84. The first-order chi connectivity index (χ1) is 55.6. The van der Waals surface area contributed by atoms with Crippen LogP contribution >= 0.6 is 23.2 Å². The minimum absolute atomic E-state index is 0.0140. The van der Waals surface area contributed by atoms with Crippen LogP contribution in [0.1, 0.15) is 153 Å². The van der Waals surface area contributed by atoms with Crippen LogP contribution < -0.4 is 66.8 Å². The van der Waals surface area contributed by atoms with E-state index < -0.39 is 195 Å². The molecule has 116 heavy (non-hydrogen) atoms. The zero-order valence-electron chi connectivity index (χ0n) is 63.6. The van der Waals surface area contributed by atoms with Gasteiger partial charge in [0.1, 0.15) is 113 Å². The van der Waals surface area contributed by atoms with Crippen LogP contribution in [0.15, 0.2) is 115 Å². The Kier molecular flexibility index (Phi) is 27.0. The molecule has 7 heterocycles. The summed E-state index contributed by atoms with van der Waals surface area (Å²) in [5, 5.41) is 128. The molecule has 1 fully saturated rings. The van der Waals surface area contributed by atoms with Crippen molar-refractivity contribution in [2.24, 2.45) is 0 Å². The number of rotatable bonds is 20. The normalized spacial score (nSPS) is 23.3. The van der Waals surface area contributed by atoms with Gasteiger partial charge in [-0.25, -0.2) is 0 Å². The van der Waals surface area contributed by atoms with E-state index >= 15 is 24.0 Å². The summed E-state index contributed by atoms with van der Waals surface area (Å²) in [6.07, 6.45) is -1.06. The second-order valence-electron chi connectivity index (χ2n) is 29.4. The molecule has 7 aliphatic rings. The van der Waals surface area contributed by atoms with Gasteiger partial charge in [0.15, 0.2) is 23.0 Å². The van der Waals surface area contributed by atoms with Crippen molar-refractivity contribution < 1.29 is 108 Å². The zero-order chi connectivity index (χ0) is 82.9. The molecule has 0 aromatic heterocycles. The number of hydrogen-bond donors (Lipinski definition) is 18. The maximum absolute atomic E-state index is 16.6. The molecular formula is C82H92Cl2N10O22. The quantitative estimate of drug-likeness (QED) is 0.0351. The number of benzene rings is 7. The summed E-state index contributed by atoms with van der Waals surface area (Å²) in [4.78, 5) is 125. The second-order valence-corrected chi connectivity index (χ2v) is 30.2. The van der Waals surface area contributed by atoms with Gasteiger partial charge in [-0.05, 0) is 147 Å². The fraction of sp³-hybridized carbons (Fsp3) is 0.390. The number of aliphatic hydroxyl groups is 4. The molecule has 7 aliphatic heterocycles. The fourth-order valence-corrected chi connectivity index (χ4v) is 15.1. The Bertz CT molecular complexity index is 4860. The van der Waals surface area contributed by atoms with Crippen molar-refractivity contribution in [1.82, 2.24) is 52.8 Å². The first-order valence-electron chi connectivity index (χ1n) is 38.1. The van der Waals surface area contributed by atoms with Crippen molar-refractivity contribution >= 4 is 70.5 Å². The molecule has 0 saturated carbocycles. The van der Waals surface area contributed by atoms with Gasteiger partial charge in [0.2, 0.25) is 59.3 Å². The van der Waals surface area contributed by atoms with E-state index in [-0.39, 0.29) is 80.8 Å². The molecule has 17 bridgehead atoms. The van der Waals surface area contributed by atoms with Crippen LogP contribution in [0, 0.1) is 0 Å². The SMILES string of the molecule is CCCCCCCCCCCC(=O)N[C@H]1[C@H](Oc2c3cc4cc2Oc2ccc(cc2Cl)[C@@H](O)[C@@H]2NC(=O)[C@H](NC(=O)[C@@H]4NC(=O)[C@H]4NC(=O)[C@@H](Cc5ccc(cc5)O3)NC(=O)[C@@H](NC)c3ccc(O)c(c3)Oc3cc(O)c(Cl)c4c3)c3ccc(O)c(c3)-c3c(O)cc(O)cc3[C@@H](C(=O)NCCCN(C)C)NC2=O)O[C@H](CO)[C@@H](O)[C@@H]1O. The summed E-state index contributed by atoms with van der Waals surface area (Å²) in [7, 11) is 5.07. The van der Waals surface area contributed by atoms with E-state index in [9.17, 15) is 60.3 Å². The largest absolute Gasteiger partial charge is 0.508 e. The van der Waals surface area contributed by atoms with Gasteiger partial charge in [-0.2, -0.15) is 0 Å². The molecule has 0 radical (unpaired) electrons. The van der Waals surface area contributed by atoms with Gasteiger partial charge in [0, 0.05) is 48.2 Å². The van der Waals surface area contributed by atoms with Crippen LogP contribution in [0.25, 0.3) is 11.1 Å². The number of aromatic hydroxyl groups is 5. The third kappa shape index (κ3) is 19.2. The van der Waals surface area contributed by atoms with Gasteiger partial charge in [-0.15, -0.1) is 0 Å². The summed E-state index contributed by atoms with van der Waals surface area (Å²) >= 11 is 14.2. The number of nitrogens with zero attached hydrogens (tertiary/aromatic N) is 1. The van der Waals surface area contributed by atoms with Crippen LogP contribution in [0.3, 0.4) is 0 Å².